The minimum absolute atomic E-state index is 0.0478. The molecule has 1 aliphatic heterocycles. The maximum absolute atomic E-state index is 13.0. The molecule has 5 rings (SSSR count). The van der Waals surface area contributed by atoms with Gasteiger partial charge in [-0.15, -0.1) is 11.8 Å². The third-order valence-electron chi connectivity index (χ3n) is 5.93. The number of anilines is 1. The number of nitrogens with one attached hydrogen (secondary N) is 2. The van der Waals surface area contributed by atoms with Gasteiger partial charge in [0.25, 0.3) is 11.8 Å². The van der Waals surface area contributed by atoms with E-state index in [2.05, 4.69) is 15.6 Å². The average Bonchev–Trinajstić information content (AvgIpc) is 3.58. The van der Waals surface area contributed by atoms with Gasteiger partial charge in [-0.1, -0.05) is 30.3 Å². The van der Waals surface area contributed by atoms with Crippen LogP contribution >= 0.6 is 11.8 Å². The molecule has 4 aromatic rings. The summed E-state index contributed by atoms with van der Waals surface area (Å²) < 4.78 is 5.41. The SMILES string of the molecule is O=C(Nc1ccccc1C(=O)NCc1cccnc1)c1ccc([C@H]2SCC(=O)N2Cc2ccco2)cc1. The van der Waals surface area contributed by atoms with Gasteiger partial charge in [-0.3, -0.25) is 19.4 Å². The second-order valence-corrected chi connectivity index (χ2v) is 9.50. The van der Waals surface area contributed by atoms with Crippen LogP contribution in [0.5, 0.6) is 0 Å². The Balaban J connectivity index is 1.25. The summed E-state index contributed by atoms with van der Waals surface area (Å²) in [5, 5.41) is 5.55. The Bertz CT molecular complexity index is 1390. The van der Waals surface area contributed by atoms with Gasteiger partial charge in [0.05, 0.1) is 29.8 Å². The van der Waals surface area contributed by atoms with E-state index in [0.29, 0.717) is 35.7 Å². The first-order valence-corrected chi connectivity index (χ1v) is 12.7. The summed E-state index contributed by atoms with van der Waals surface area (Å²) in [6, 6.07) is 21.4. The molecule has 1 saturated heterocycles. The molecule has 186 valence electrons. The van der Waals surface area contributed by atoms with Gasteiger partial charge >= 0.3 is 0 Å². The minimum atomic E-state index is -0.332. The van der Waals surface area contributed by atoms with Gasteiger partial charge in [-0.2, -0.15) is 0 Å². The Kier molecular flexibility index (Phi) is 7.32. The van der Waals surface area contributed by atoms with Gasteiger partial charge in [0.2, 0.25) is 5.91 Å². The van der Waals surface area contributed by atoms with Gasteiger partial charge in [-0.05, 0) is 53.6 Å². The van der Waals surface area contributed by atoms with Crippen LogP contribution < -0.4 is 10.6 Å². The van der Waals surface area contributed by atoms with Crippen LogP contribution in [-0.2, 0) is 17.9 Å². The first-order chi connectivity index (χ1) is 18.1. The average molecular weight is 513 g/mol. The van der Waals surface area contributed by atoms with E-state index in [9.17, 15) is 14.4 Å². The summed E-state index contributed by atoms with van der Waals surface area (Å²) in [5.41, 5.74) is 3.03. The van der Waals surface area contributed by atoms with E-state index in [1.165, 1.54) is 0 Å². The van der Waals surface area contributed by atoms with Crippen molar-refractivity contribution in [1.29, 1.82) is 0 Å². The maximum Gasteiger partial charge on any atom is 0.255 e. The van der Waals surface area contributed by atoms with Crippen molar-refractivity contribution in [1.82, 2.24) is 15.2 Å². The first kappa shape index (κ1) is 24.3. The molecular formula is C28H24N4O4S. The Morgan fingerprint density at radius 3 is 2.59 bits per heavy atom. The number of nitrogens with zero attached hydrogens (tertiary/aromatic N) is 2. The van der Waals surface area contributed by atoms with Crippen LogP contribution in [0, 0.1) is 0 Å². The highest BCUT2D eigenvalue weighted by molar-refractivity contribution is 8.00. The topological polar surface area (TPSA) is 105 Å². The summed E-state index contributed by atoms with van der Waals surface area (Å²) in [5.74, 6) is 0.538. The molecule has 9 heteroatoms. The Hall–Kier alpha value is -4.37. The summed E-state index contributed by atoms with van der Waals surface area (Å²) in [7, 11) is 0. The summed E-state index contributed by atoms with van der Waals surface area (Å²) >= 11 is 1.54. The van der Waals surface area contributed by atoms with E-state index in [1.807, 2.05) is 24.3 Å². The van der Waals surface area contributed by atoms with E-state index in [4.69, 9.17) is 4.42 Å². The molecule has 2 aromatic carbocycles. The molecule has 2 aromatic heterocycles. The number of thioether (sulfide) groups is 1. The number of hydrogen-bond acceptors (Lipinski definition) is 6. The largest absolute Gasteiger partial charge is 0.467 e. The summed E-state index contributed by atoms with van der Waals surface area (Å²) in [6.07, 6.45) is 4.95. The molecule has 0 saturated carbocycles. The zero-order chi connectivity index (χ0) is 25.6. The second-order valence-electron chi connectivity index (χ2n) is 8.43. The number of aromatic nitrogens is 1. The van der Waals surface area contributed by atoms with E-state index in [-0.39, 0.29) is 23.1 Å². The fraction of sp³-hybridized carbons (Fsp3) is 0.143. The van der Waals surface area contributed by atoms with Crippen LogP contribution in [0.15, 0.2) is 95.9 Å². The van der Waals surface area contributed by atoms with Gasteiger partial charge in [0.15, 0.2) is 0 Å². The number of rotatable bonds is 8. The van der Waals surface area contributed by atoms with Crippen molar-refractivity contribution in [2.24, 2.45) is 0 Å². The highest BCUT2D eigenvalue weighted by Gasteiger charge is 2.33. The molecule has 0 radical (unpaired) electrons. The highest BCUT2D eigenvalue weighted by atomic mass is 32.2. The minimum Gasteiger partial charge on any atom is -0.467 e. The quantitative estimate of drug-likeness (QED) is 0.357. The maximum atomic E-state index is 13.0. The zero-order valence-corrected chi connectivity index (χ0v) is 20.6. The van der Waals surface area contributed by atoms with E-state index < -0.39 is 0 Å². The number of hydrogen-bond donors (Lipinski definition) is 2. The lowest BCUT2D eigenvalue weighted by Crippen LogP contribution is -2.27. The van der Waals surface area contributed by atoms with Crippen molar-refractivity contribution in [3.05, 3.63) is 119 Å². The lowest BCUT2D eigenvalue weighted by molar-refractivity contribution is -0.128. The number of furan rings is 1. The number of para-hydroxylation sites is 1. The van der Waals surface area contributed by atoms with Crippen LogP contribution in [0.25, 0.3) is 0 Å². The van der Waals surface area contributed by atoms with Crippen molar-refractivity contribution >= 4 is 35.2 Å². The number of amides is 3. The predicted octanol–water partition coefficient (Wildman–Crippen LogP) is 4.63. The molecule has 1 fully saturated rings. The fourth-order valence-corrected chi connectivity index (χ4v) is 5.22. The zero-order valence-electron chi connectivity index (χ0n) is 19.8. The van der Waals surface area contributed by atoms with Gasteiger partial charge in [-0.25, -0.2) is 0 Å². The molecule has 8 nitrogen and oxygen atoms in total. The predicted molar refractivity (Wildman–Crippen MR) is 141 cm³/mol. The Morgan fingerprint density at radius 1 is 1.00 bits per heavy atom. The molecule has 3 heterocycles. The van der Waals surface area contributed by atoms with Crippen molar-refractivity contribution in [3.8, 4) is 0 Å². The standard InChI is InChI=1S/C28H24N4O4S/c33-25-18-37-28(32(25)17-22-6-4-14-36-22)21-11-9-20(10-12-21)26(34)31-24-8-2-1-7-23(24)27(35)30-16-19-5-3-13-29-15-19/h1-15,28H,16-18H2,(H,30,35)(H,31,34)/t28-/m1/s1. The first-order valence-electron chi connectivity index (χ1n) is 11.7. The Morgan fingerprint density at radius 2 is 1.84 bits per heavy atom. The number of pyridine rings is 1. The van der Waals surface area contributed by atoms with Crippen molar-refractivity contribution in [3.63, 3.8) is 0 Å². The monoisotopic (exact) mass is 512 g/mol. The van der Waals surface area contributed by atoms with Gasteiger partial charge in [0.1, 0.15) is 11.1 Å². The van der Waals surface area contributed by atoms with Crippen molar-refractivity contribution < 1.29 is 18.8 Å². The summed E-state index contributed by atoms with van der Waals surface area (Å²) in [6.45, 7) is 0.723. The highest BCUT2D eigenvalue weighted by Crippen LogP contribution is 2.39. The van der Waals surface area contributed by atoms with Crippen LogP contribution in [0.2, 0.25) is 0 Å². The number of benzene rings is 2. The normalized spacial score (nSPS) is 15.0. The molecule has 0 spiro atoms. The van der Waals surface area contributed by atoms with Crippen LogP contribution in [0.4, 0.5) is 5.69 Å². The fourth-order valence-electron chi connectivity index (χ4n) is 4.04. The van der Waals surface area contributed by atoms with Crippen molar-refractivity contribution in [2.75, 3.05) is 11.1 Å². The third kappa shape index (κ3) is 5.73. The molecule has 0 aliphatic carbocycles. The molecule has 1 aliphatic rings. The molecule has 0 unspecified atom stereocenters. The molecule has 37 heavy (non-hydrogen) atoms. The lowest BCUT2D eigenvalue weighted by Gasteiger charge is -2.23. The van der Waals surface area contributed by atoms with Gasteiger partial charge in [0, 0.05) is 24.5 Å². The molecule has 3 amide bonds. The lowest BCUT2D eigenvalue weighted by atomic mass is 10.1. The smallest absolute Gasteiger partial charge is 0.255 e. The molecule has 1 atom stereocenters. The van der Waals surface area contributed by atoms with Crippen LogP contribution in [0.3, 0.4) is 0 Å². The number of carbonyl (C=O) groups is 3. The van der Waals surface area contributed by atoms with Crippen molar-refractivity contribution in [2.45, 2.75) is 18.5 Å². The number of carbonyl (C=O) groups excluding carboxylic acids is 3. The molecule has 2 N–H and O–H groups in total. The van der Waals surface area contributed by atoms with Gasteiger partial charge < -0.3 is 20.0 Å². The van der Waals surface area contributed by atoms with E-state index >= 15 is 0 Å². The third-order valence-corrected chi connectivity index (χ3v) is 7.18. The Labute approximate surface area is 218 Å². The van der Waals surface area contributed by atoms with E-state index in [1.54, 1.807) is 83.8 Å². The molecule has 0 bridgehead atoms. The molecular weight excluding hydrogens is 488 g/mol. The van der Waals surface area contributed by atoms with Crippen LogP contribution in [0.1, 0.15) is 43.0 Å². The van der Waals surface area contributed by atoms with E-state index in [0.717, 1.165) is 16.9 Å². The second kappa shape index (κ2) is 11.1. The summed E-state index contributed by atoms with van der Waals surface area (Å²) in [4.78, 5) is 44.1. The van der Waals surface area contributed by atoms with Crippen LogP contribution in [-0.4, -0.2) is 33.4 Å².